The molecule has 3 N–H and O–H groups in total. The summed E-state index contributed by atoms with van der Waals surface area (Å²) in [6.45, 7) is 2.07. The summed E-state index contributed by atoms with van der Waals surface area (Å²) >= 11 is 0. The van der Waals surface area contributed by atoms with E-state index in [1.54, 1.807) is 10.9 Å². The van der Waals surface area contributed by atoms with Gasteiger partial charge in [0, 0.05) is 0 Å². The molecule has 5 nitrogen and oxygen atoms in total. The van der Waals surface area contributed by atoms with E-state index in [1.807, 2.05) is 42.5 Å². The van der Waals surface area contributed by atoms with Crippen LogP contribution in [-0.4, -0.2) is 15.0 Å². The number of rotatable bonds is 4. The van der Waals surface area contributed by atoms with Crippen molar-refractivity contribution in [3.05, 3.63) is 77.6 Å². The molecule has 0 aliphatic rings. The first kappa shape index (κ1) is 13.5. The standard InChI is InChI=1S/C16H17N5/c1-12-7-5-6-10-14(12)16(19-17)15-11-18-20-21(15)13-8-3-2-4-9-13/h2-11,16,19H,17H2,1H3. The van der Waals surface area contributed by atoms with Crippen LogP contribution in [0.1, 0.15) is 22.9 Å². The fourth-order valence-electron chi connectivity index (χ4n) is 2.45. The molecule has 21 heavy (non-hydrogen) atoms. The van der Waals surface area contributed by atoms with Gasteiger partial charge in [0.15, 0.2) is 0 Å². The molecular formula is C16H17N5. The summed E-state index contributed by atoms with van der Waals surface area (Å²) in [5.74, 6) is 5.79. The van der Waals surface area contributed by atoms with Gasteiger partial charge in [-0.2, -0.15) is 0 Å². The smallest absolute Gasteiger partial charge is 0.0901 e. The maximum absolute atomic E-state index is 5.79. The second-order valence-electron chi connectivity index (χ2n) is 4.86. The lowest BCUT2D eigenvalue weighted by atomic mass is 9.99. The molecule has 1 aromatic heterocycles. The number of hydrogen-bond acceptors (Lipinski definition) is 4. The second-order valence-corrected chi connectivity index (χ2v) is 4.86. The average Bonchev–Trinajstić information content (AvgIpc) is 3.00. The molecule has 106 valence electrons. The Morgan fingerprint density at radius 1 is 1.05 bits per heavy atom. The highest BCUT2D eigenvalue weighted by Crippen LogP contribution is 2.25. The monoisotopic (exact) mass is 279 g/mol. The first-order valence-electron chi connectivity index (χ1n) is 6.79. The van der Waals surface area contributed by atoms with Gasteiger partial charge in [0.2, 0.25) is 0 Å². The Morgan fingerprint density at radius 3 is 2.48 bits per heavy atom. The van der Waals surface area contributed by atoms with Crippen LogP contribution >= 0.6 is 0 Å². The minimum Gasteiger partial charge on any atom is -0.271 e. The van der Waals surface area contributed by atoms with Crippen molar-refractivity contribution in [2.75, 3.05) is 0 Å². The van der Waals surface area contributed by atoms with Crippen molar-refractivity contribution >= 4 is 0 Å². The number of benzene rings is 2. The van der Waals surface area contributed by atoms with Gasteiger partial charge in [-0.1, -0.05) is 47.7 Å². The molecule has 1 atom stereocenters. The van der Waals surface area contributed by atoms with Gasteiger partial charge in [-0.05, 0) is 30.2 Å². The number of nitrogens with two attached hydrogens (primary N) is 1. The number of nitrogens with one attached hydrogen (secondary N) is 1. The Kier molecular flexibility index (Phi) is 3.77. The van der Waals surface area contributed by atoms with Crippen molar-refractivity contribution in [2.24, 2.45) is 5.84 Å². The second kappa shape index (κ2) is 5.87. The maximum Gasteiger partial charge on any atom is 0.0901 e. The van der Waals surface area contributed by atoms with Gasteiger partial charge in [-0.25, -0.2) is 10.1 Å². The molecule has 0 aliphatic carbocycles. The van der Waals surface area contributed by atoms with E-state index in [-0.39, 0.29) is 6.04 Å². The molecular weight excluding hydrogens is 262 g/mol. The highest BCUT2D eigenvalue weighted by molar-refractivity contribution is 5.38. The third kappa shape index (κ3) is 2.56. The highest BCUT2D eigenvalue weighted by atomic mass is 15.4. The van der Waals surface area contributed by atoms with Crippen molar-refractivity contribution in [2.45, 2.75) is 13.0 Å². The van der Waals surface area contributed by atoms with Crippen molar-refractivity contribution < 1.29 is 0 Å². The number of para-hydroxylation sites is 1. The van der Waals surface area contributed by atoms with E-state index >= 15 is 0 Å². The molecule has 0 saturated carbocycles. The zero-order valence-corrected chi connectivity index (χ0v) is 11.8. The molecule has 0 saturated heterocycles. The van der Waals surface area contributed by atoms with Crippen LogP contribution in [-0.2, 0) is 0 Å². The summed E-state index contributed by atoms with van der Waals surface area (Å²) in [5.41, 5.74) is 7.01. The lowest BCUT2D eigenvalue weighted by Crippen LogP contribution is -2.31. The Hall–Kier alpha value is -2.50. The van der Waals surface area contributed by atoms with Crippen molar-refractivity contribution in [3.63, 3.8) is 0 Å². The zero-order valence-electron chi connectivity index (χ0n) is 11.8. The first-order chi connectivity index (χ1) is 10.3. The third-order valence-corrected chi connectivity index (χ3v) is 3.54. The van der Waals surface area contributed by atoms with Gasteiger partial charge < -0.3 is 0 Å². The predicted molar refractivity (Wildman–Crippen MR) is 81.7 cm³/mol. The van der Waals surface area contributed by atoms with Crippen molar-refractivity contribution in [3.8, 4) is 5.69 Å². The Labute approximate surface area is 123 Å². The third-order valence-electron chi connectivity index (χ3n) is 3.54. The van der Waals surface area contributed by atoms with E-state index in [9.17, 15) is 0 Å². The fraction of sp³-hybridized carbons (Fsp3) is 0.125. The molecule has 2 aromatic carbocycles. The van der Waals surface area contributed by atoms with Crippen LogP contribution in [0.3, 0.4) is 0 Å². The topological polar surface area (TPSA) is 68.8 Å². The summed E-state index contributed by atoms with van der Waals surface area (Å²) in [5, 5.41) is 8.22. The van der Waals surface area contributed by atoms with Gasteiger partial charge in [0.05, 0.1) is 23.6 Å². The van der Waals surface area contributed by atoms with Gasteiger partial charge in [0.1, 0.15) is 0 Å². The average molecular weight is 279 g/mol. The number of hydrazine groups is 1. The van der Waals surface area contributed by atoms with Gasteiger partial charge in [-0.3, -0.25) is 5.84 Å². The van der Waals surface area contributed by atoms with Crippen LogP contribution in [0.5, 0.6) is 0 Å². The molecule has 0 amide bonds. The molecule has 0 fully saturated rings. The molecule has 1 heterocycles. The minimum atomic E-state index is -0.165. The summed E-state index contributed by atoms with van der Waals surface area (Å²) in [4.78, 5) is 0. The largest absolute Gasteiger partial charge is 0.271 e. The van der Waals surface area contributed by atoms with Crippen LogP contribution in [0.4, 0.5) is 0 Å². The Bertz CT molecular complexity index is 720. The summed E-state index contributed by atoms with van der Waals surface area (Å²) in [6, 6.07) is 17.9. The van der Waals surface area contributed by atoms with E-state index < -0.39 is 0 Å². The SMILES string of the molecule is Cc1ccccc1C(NN)c1cnnn1-c1ccccc1. The zero-order chi connectivity index (χ0) is 14.7. The molecule has 3 rings (SSSR count). The van der Waals surface area contributed by atoms with E-state index in [0.717, 1.165) is 16.9 Å². The van der Waals surface area contributed by atoms with E-state index in [1.165, 1.54) is 5.56 Å². The van der Waals surface area contributed by atoms with Crippen LogP contribution < -0.4 is 11.3 Å². The lowest BCUT2D eigenvalue weighted by Gasteiger charge is -2.19. The minimum absolute atomic E-state index is 0.165. The van der Waals surface area contributed by atoms with E-state index in [2.05, 4.69) is 34.8 Å². The quantitative estimate of drug-likeness (QED) is 0.567. The number of nitrogens with zero attached hydrogens (tertiary/aromatic N) is 3. The summed E-state index contributed by atoms with van der Waals surface area (Å²) < 4.78 is 1.80. The molecule has 3 aromatic rings. The molecule has 0 radical (unpaired) electrons. The molecule has 0 bridgehead atoms. The first-order valence-corrected chi connectivity index (χ1v) is 6.79. The van der Waals surface area contributed by atoms with Gasteiger partial charge in [-0.15, -0.1) is 5.10 Å². The Balaban J connectivity index is 2.08. The van der Waals surface area contributed by atoms with Crippen molar-refractivity contribution in [1.29, 1.82) is 0 Å². The molecule has 0 spiro atoms. The summed E-state index contributed by atoms with van der Waals surface area (Å²) in [7, 11) is 0. The normalized spacial score (nSPS) is 12.3. The summed E-state index contributed by atoms with van der Waals surface area (Å²) in [6.07, 6.45) is 1.74. The maximum atomic E-state index is 5.79. The highest BCUT2D eigenvalue weighted by Gasteiger charge is 2.20. The number of hydrogen-bond donors (Lipinski definition) is 2. The van der Waals surface area contributed by atoms with Crippen molar-refractivity contribution in [1.82, 2.24) is 20.4 Å². The van der Waals surface area contributed by atoms with Gasteiger partial charge >= 0.3 is 0 Å². The van der Waals surface area contributed by atoms with Crippen LogP contribution in [0.15, 0.2) is 60.8 Å². The number of aromatic nitrogens is 3. The number of aryl methyl sites for hydroxylation is 1. The molecule has 1 unspecified atom stereocenters. The fourth-order valence-corrected chi connectivity index (χ4v) is 2.45. The van der Waals surface area contributed by atoms with Gasteiger partial charge in [0.25, 0.3) is 0 Å². The lowest BCUT2D eigenvalue weighted by molar-refractivity contribution is 0.593. The molecule has 5 heteroatoms. The predicted octanol–water partition coefficient (Wildman–Crippen LogP) is 2.13. The Morgan fingerprint density at radius 2 is 1.76 bits per heavy atom. The van der Waals surface area contributed by atoms with Crippen LogP contribution in [0, 0.1) is 6.92 Å². The van der Waals surface area contributed by atoms with E-state index in [0.29, 0.717) is 0 Å². The van der Waals surface area contributed by atoms with E-state index in [4.69, 9.17) is 5.84 Å². The van der Waals surface area contributed by atoms with Crippen LogP contribution in [0.25, 0.3) is 5.69 Å². The van der Waals surface area contributed by atoms with Crippen LogP contribution in [0.2, 0.25) is 0 Å². The molecule has 0 aliphatic heterocycles.